The minimum atomic E-state index is -1.17. The number of nitriles is 1. The number of pyridine rings is 1. The molecule has 0 saturated heterocycles. The van der Waals surface area contributed by atoms with Gasteiger partial charge < -0.3 is 9.84 Å². The first-order valence-electron chi connectivity index (χ1n) is 13.0. The molecule has 1 saturated carbocycles. The van der Waals surface area contributed by atoms with E-state index >= 15 is 4.39 Å². The molecule has 1 aromatic carbocycles. The predicted octanol–water partition coefficient (Wildman–Crippen LogP) is 5.51. The van der Waals surface area contributed by atoms with Crippen LogP contribution >= 0.6 is 11.6 Å². The van der Waals surface area contributed by atoms with Crippen molar-refractivity contribution in [3.05, 3.63) is 63.1 Å². The number of benzene rings is 1. The molecule has 1 aliphatic carbocycles. The van der Waals surface area contributed by atoms with Gasteiger partial charge >= 0.3 is 6.09 Å². The smallest absolute Gasteiger partial charge is 0.408 e. The van der Waals surface area contributed by atoms with E-state index in [1.165, 1.54) is 27.9 Å². The second-order valence-electron chi connectivity index (χ2n) is 10.9. The van der Waals surface area contributed by atoms with E-state index in [0.717, 1.165) is 12.8 Å². The van der Waals surface area contributed by atoms with Crippen molar-refractivity contribution in [3.63, 3.8) is 0 Å². The van der Waals surface area contributed by atoms with E-state index in [-0.39, 0.29) is 62.7 Å². The molecule has 216 valence electrons. The lowest BCUT2D eigenvalue weighted by Crippen LogP contribution is -2.44. The van der Waals surface area contributed by atoms with E-state index < -0.39 is 23.0 Å². The highest BCUT2D eigenvalue weighted by Crippen LogP contribution is 2.43. The summed E-state index contributed by atoms with van der Waals surface area (Å²) in [6.45, 7) is 8.89. The van der Waals surface area contributed by atoms with Crippen molar-refractivity contribution < 1.29 is 19.0 Å². The summed E-state index contributed by atoms with van der Waals surface area (Å²) in [6.07, 6.45) is 3.25. The highest BCUT2D eigenvalue weighted by Gasteiger charge is 2.31. The lowest BCUT2D eigenvalue weighted by molar-refractivity contribution is 0.0948. The number of hydrogen-bond acceptors (Lipinski definition) is 7. The van der Waals surface area contributed by atoms with E-state index in [9.17, 15) is 20.0 Å². The third-order valence-corrected chi connectivity index (χ3v) is 7.26. The summed E-state index contributed by atoms with van der Waals surface area (Å²) in [4.78, 5) is 30.8. The van der Waals surface area contributed by atoms with Gasteiger partial charge in [0.1, 0.15) is 17.4 Å². The molecule has 11 nitrogen and oxygen atoms in total. The Kier molecular flexibility index (Phi) is 7.24. The number of H-pyrrole nitrogens is 1. The number of nitrogens with one attached hydrogen (secondary N) is 1. The van der Waals surface area contributed by atoms with Crippen LogP contribution in [0.4, 0.5) is 9.18 Å². The summed E-state index contributed by atoms with van der Waals surface area (Å²) in [6, 6.07) is 4.92. The Bertz CT molecular complexity index is 1870. The van der Waals surface area contributed by atoms with Crippen molar-refractivity contribution in [1.29, 1.82) is 5.26 Å². The maximum atomic E-state index is 15.7. The van der Waals surface area contributed by atoms with Crippen LogP contribution < -0.4 is 10.3 Å². The van der Waals surface area contributed by atoms with Gasteiger partial charge in [-0.1, -0.05) is 18.2 Å². The summed E-state index contributed by atoms with van der Waals surface area (Å²) in [5, 5.41) is 31.2. The molecule has 13 heteroatoms. The Morgan fingerprint density at radius 1 is 1.40 bits per heavy atom. The summed E-state index contributed by atoms with van der Waals surface area (Å²) in [7, 11) is 1.59. The van der Waals surface area contributed by atoms with Crippen LogP contribution in [-0.4, -0.2) is 52.7 Å². The van der Waals surface area contributed by atoms with E-state index in [2.05, 4.69) is 32.9 Å². The van der Waals surface area contributed by atoms with Gasteiger partial charge in [-0.15, -0.1) is 0 Å². The standard InChI is InChI=1S/C29H27ClFN7O4/c1-6-19-23-15(21(35-36-27(23)39)13-38(28(40)41)29(2,3)4)9-20(34-19)17-12-33-37(5)26(17)24-16(11-32)22(42-14-7-8-14)10-18(30)25(24)31/h6,9-10,12,14H,1,7-8,13H2,2-5H3,(H,36,39)(H,40,41). The number of aromatic nitrogens is 5. The molecule has 2 N–H and O–H groups in total. The summed E-state index contributed by atoms with van der Waals surface area (Å²) >= 11 is 6.27. The zero-order valence-corrected chi connectivity index (χ0v) is 24.1. The second-order valence-corrected chi connectivity index (χ2v) is 11.3. The zero-order chi connectivity index (χ0) is 30.5. The minimum Gasteiger partial charge on any atom is -0.489 e. The van der Waals surface area contributed by atoms with Crippen molar-refractivity contribution in [2.45, 2.75) is 51.8 Å². The minimum absolute atomic E-state index is 0.0422. The van der Waals surface area contributed by atoms with Crippen LogP contribution in [-0.2, 0) is 13.6 Å². The third-order valence-electron chi connectivity index (χ3n) is 6.98. The average molecular weight is 592 g/mol. The predicted molar refractivity (Wildman–Crippen MR) is 155 cm³/mol. The number of carboxylic acid groups (broad SMARTS) is 1. The quantitative estimate of drug-likeness (QED) is 0.285. The Morgan fingerprint density at radius 2 is 2.12 bits per heavy atom. The highest BCUT2D eigenvalue weighted by atomic mass is 35.5. The fourth-order valence-electron chi connectivity index (χ4n) is 4.73. The van der Waals surface area contributed by atoms with Gasteiger partial charge in [-0.3, -0.25) is 14.4 Å². The van der Waals surface area contributed by atoms with Crippen LogP contribution in [0.1, 0.15) is 50.6 Å². The van der Waals surface area contributed by atoms with Gasteiger partial charge in [0.15, 0.2) is 5.82 Å². The Hall–Kier alpha value is -4.76. The van der Waals surface area contributed by atoms with Crippen molar-refractivity contribution >= 4 is 34.5 Å². The number of aromatic amines is 1. The molecular formula is C29H27ClFN7O4. The molecule has 1 amide bonds. The van der Waals surface area contributed by atoms with Crippen molar-refractivity contribution in [3.8, 4) is 34.3 Å². The van der Waals surface area contributed by atoms with Gasteiger partial charge in [0, 0.05) is 29.6 Å². The van der Waals surface area contributed by atoms with Crippen molar-refractivity contribution in [2.75, 3.05) is 0 Å². The number of ether oxygens (including phenoxy) is 1. The number of halogens is 2. The summed E-state index contributed by atoms with van der Waals surface area (Å²) < 4.78 is 23.0. The molecule has 0 aliphatic heterocycles. The van der Waals surface area contributed by atoms with Crippen molar-refractivity contribution in [1.82, 2.24) is 29.9 Å². The Labute approximate surface area is 244 Å². The highest BCUT2D eigenvalue weighted by molar-refractivity contribution is 6.31. The molecule has 0 unspecified atom stereocenters. The number of aryl methyl sites for hydroxylation is 1. The van der Waals surface area contributed by atoms with Gasteiger partial charge in [-0.05, 0) is 45.8 Å². The number of hydrogen-bond donors (Lipinski definition) is 2. The first kappa shape index (κ1) is 28.8. The molecule has 1 fully saturated rings. The molecule has 1 aliphatic rings. The van der Waals surface area contributed by atoms with E-state index in [1.807, 2.05) is 0 Å². The van der Waals surface area contributed by atoms with Crippen LogP contribution in [0.5, 0.6) is 5.75 Å². The number of nitrogens with zero attached hydrogens (tertiary/aromatic N) is 6. The summed E-state index contributed by atoms with van der Waals surface area (Å²) in [5.41, 5.74) is -0.200. The maximum absolute atomic E-state index is 15.7. The topological polar surface area (TPSA) is 150 Å². The molecule has 0 radical (unpaired) electrons. The van der Waals surface area contributed by atoms with E-state index in [0.29, 0.717) is 10.9 Å². The van der Waals surface area contributed by atoms with Gasteiger partial charge in [0.25, 0.3) is 5.56 Å². The van der Waals surface area contributed by atoms with Gasteiger partial charge in [0.2, 0.25) is 0 Å². The first-order valence-corrected chi connectivity index (χ1v) is 13.4. The molecule has 42 heavy (non-hydrogen) atoms. The third kappa shape index (κ3) is 5.07. The lowest BCUT2D eigenvalue weighted by atomic mass is 9.97. The molecule has 0 spiro atoms. The van der Waals surface area contributed by atoms with E-state index in [4.69, 9.17) is 16.3 Å². The normalized spacial score (nSPS) is 13.2. The molecule has 4 aromatic rings. The largest absolute Gasteiger partial charge is 0.489 e. The van der Waals surface area contributed by atoms with E-state index in [1.54, 1.807) is 33.9 Å². The number of rotatable bonds is 7. The fourth-order valence-corrected chi connectivity index (χ4v) is 4.92. The van der Waals surface area contributed by atoms with Crippen LogP contribution in [0.3, 0.4) is 0 Å². The van der Waals surface area contributed by atoms with Crippen LogP contribution in [0.15, 0.2) is 29.7 Å². The maximum Gasteiger partial charge on any atom is 0.408 e. The van der Waals surface area contributed by atoms with Crippen LogP contribution in [0.25, 0.3) is 39.4 Å². The Balaban J connectivity index is 1.77. The van der Waals surface area contributed by atoms with Crippen LogP contribution in [0, 0.1) is 17.1 Å². The lowest BCUT2D eigenvalue weighted by Gasteiger charge is -2.33. The zero-order valence-electron chi connectivity index (χ0n) is 23.3. The molecule has 3 heterocycles. The molecule has 0 atom stereocenters. The first-order chi connectivity index (χ1) is 19.8. The molecule has 0 bridgehead atoms. The van der Waals surface area contributed by atoms with Crippen LogP contribution in [0.2, 0.25) is 5.02 Å². The Morgan fingerprint density at radius 3 is 2.71 bits per heavy atom. The number of carbonyl (C=O) groups is 1. The van der Waals surface area contributed by atoms with Gasteiger partial charge in [-0.2, -0.15) is 15.5 Å². The number of fused-ring (bicyclic) bond motifs is 1. The molecule has 3 aromatic heterocycles. The molecule has 5 rings (SSSR count). The monoisotopic (exact) mass is 591 g/mol. The van der Waals surface area contributed by atoms with Gasteiger partial charge in [-0.25, -0.2) is 19.3 Å². The summed E-state index contributed by atoms with van der Waals surface area (Å²) in [5.74, 6) is -0.659. The van der Waals surface area contributed by atoms with Gasteiger partial charge in [0.05, 0.1) is 57.6 Å². The SMILES string of the molecule is C=Cc1nc(-c2cnn(C)c2-c2c(F)c(Cl)cc(OC3CC3)c2C#N)cc2c(CN(C(=O)O)C(C)(C)C)n[nH]c(=O)c12. The average Bonchev–Trinajstić information content (AvgIpc) is 3.67. The molecular weight excluding hydrogens is 565 g/mol. The fraction of sp³-hybridized carbons (Fsp3) is 0.310. The van der Waals surface area contributed by atoms with Crippen molar-refractivity contribution in [2.24, 2.45) is 7.05 Å². The number of amides is 1. The second kappa shape index (κ2) is 10.6.